The van der Waals surface area contributed by atoms with Gasteiger partial charge in [-0.1, -0.05) is 6.92 Å². The van der Waals surface area contributed by atoms with E-state index in [1.54, 1.807) is 0 Å². The van der Waals surface area contributed by atoms with Crippen LogP contribution in [-0.4, -0.2) is 19.0 Å². The molecular formula is C10H14BrF2NS. The zero-order chi connectivity index (χ0) is 11.3. The standard InChI is InChI=1S/C10H14BrF2NS/c1-2-4-14-8(10(12)13)6-9-7(11)3-5-15-9/h3,5,8,10,14H,2,4,6H2,1H3. The molecule has 1 aromatic rings. The van der Waals surface area contributed by atoms with Gasteiger partial charge in [-0.05, 0) is 40.3 Å². The predicted octanol–water partition coefficient (Wildman–Crippen LogP) is 3.69. The summed E-state index contributed by atoms with van der Waals surface area (Å²) in [7, 11) is 0. The maximum absolute atomic E-state index is 12.7. The van der Waals surface area contributed by atoms with Crippen LogP contribution in [0.25, 0.3) is 0 Å². The first-order valence-electron chi connectivity index (χ1n) is 4.88. The summed E-state index contributed by atoms with van der Waals surface area (Å²) >= 11 is 4.86. The first-order valence-corrected chi connectivity index (χ1v) is 6.55. The van der Waals surface area contributed by atoms with Crippen LogP contribution in [0, 0.1) is 0 Å². The van der Waals surface area contributed by atoms with Gasteiger partial charge >= 0.3 is 0 Å². The fourth-order valence-corrected chi connectivity index (χ4v) is 2.82. The Hall–Kier alpha value is -0.0000000000000000555. The number of alkyl halides is 2. The van der Waals surface area contributed by atoms with E-state index < -0.39 is 12.5 Å². The first kappa shape index (κ1) is 13.1. The van der Waals surface area contributed by atoms with E-state index in [9.17, 15) is 8.78 Å². The number of halogens is 3. The highest BCUT2D eigenvalue weighted by Gasteiger charge is 2.21. The third-order valence-electron chi connectivity index (χ3n) is 2.06. The molecule has 86 valence electrons. The first-order chi connectivity index (χ1) is 7.15. The molecule has 1 aromatic heterocycles. The van der Waals surface area contributed by atoms with Crippen LogP contribution < -0.4 is 5.32 Å². The molecule has 1 nitrogen and oxygen atoms in total. The summed E-state index contributed by atoms with van der Waals surface area (Å²) in [6.45, 7) is 2.61. The van der Waals surface area contributed by atoms with E-state index in [1.807, 2.05) is 18.4 Å². The van der Waals surface area contributed by atoms with Crippen molar-refractivity contribution in [3.63, 3.8) is 0 Å². The van der Waals surface area contributed by atoms with Crippen LogP contribution in [-0.2, 0) is 6.42 Å². The molecule has 0 aromatic carbocycles. The molecule has 0 aliphatic heterocycles. The molecule has 0 spiro atoms. The van der Waals surface area contributed by atoms with Crippen molar-refractivity contribution in [3.05, 3.63) is 20.8 Å². The van der Waals surface area contributed by atoms with Gasteiger partial charge in [0.25, 0.3) is 6.43 Å². The second-order valence-corrected chi connectivity index (χ2v) is 5.15. The van der Waals surface area contributed by atoms with Gasteiger partial charge in [0, 0.05) is 15.8 Å². The highest BCUT2D eigenvalue weighted by Crippen LogP contribution is 2.25. The number of thiophene rings is 1. The Balaban J connectivity index is 2.54. The van der Waals surface area contributed by atoms with Crippen molar-refractivity contribution < 1.29 is 8.78 Å². The van der Waals surface area contributed by atoms with Crippen molar-refractivity contribution in [2.24, 2.45) is 0 Å². The summed E-state index contributed by atoms with van der Waals surface area (Å²) < 4.78 is 26.3. The van der Waals surface area contributed by atoms with Gasteiger partial charge in [-0.3, -0.25) is 0 Å². The van der Waals surface area contributed by atoms with Crippen LogP contribution in [0.1, 0.15) is 18.2 Å². The van der Waals surface area contributed by atoms with Crippen molar-refractivity contribution in [1.29, 1.82) is 0 Å². The summed E-state index contributed by atoms with van der Waals surface area (Å²) in [5, 5.41) is 4.77. The maximum atomic E-state index is 12.7. The second-order valence-electron chi connectivity index (χ2n) is 3.29. The molecule has 0 aliphatic rings. The quantitative estimate of drug-likeness (QED) is 0.844. The SMILES string of the molecule is CCCNC(Cc1sccc1Br)C(F)F. The van der Waals surface area contributed by atoms with Crippen molar-refractivity contribution in [2.75, 3.05) is 6.54 Å². The molecule has 0 amide bonds. The van der Waals surface area contributed by atoms with E-state index in [-0.39, 0.29) is 0 Å². The van der Waals surface area contributed by atoms with Crippen molar-refractivity contribution >= 4 is 27.3 Å². The van der Waals surface area contributed by atoms with E-state index in [2.05, 4.69) is 21.2 Å². The van der Waals surface area contributed by atoms with E-state index in [4.69, 9.17) is 0 Å². The number of nitrogens with one attached hydrogen (secondary N) is 1. The van der Waals surface area contributed by atoms with Gasteiger partial charge in [0.05, 0.1) is 6.04 Å². The lowest BCUT2D eigenvalue weighted by molar-refractivity contribution is 0.0986. The van der Waals surface area contributed by atoms with Crippen LogP contribution in [0.15, 0.2) is 15.9 Å². The van der Waals surface area contributed by atoms with Crippen LogP contribution in [0.5, 0.6) is 0 Å². The molecule has 1 atom stereocenters. The van der Waals surface area contributed by atoms with Crippen LogP contribution in [0.3, 0.4) is 0 Å². The van der Waals surface area contributed by atoms with Crippen molar-refractivity contribution in [1.82, 2.24) is 5.32 Å². The molecule has 0 saturated carbocycles. The molecule has 0 saturated heterocycles. The second kappa shape index (κ2) is 6.55. The average Bonchev–Trinajstić information content (AvgIpc) is 2.58. The number of rotatable bonds is 6. The molecule has 1 rings (SSSR count). The molecule has 5 heteroatoms. The fraction of sp³-hybridized carbons (Fsp3) is 0.600. The van der Waals surface area contributed by atoms with Crippen LogP contribution >= 0.6 is 27.3 Å². The molecule has 0 bridgehead atoms. The Bertz CT molecular complexity index is 291. The molecule has 1 heterocycles. The van der Waals surface area contributed by atoms with E-state index >= 15 is 0 Å². The molecule has 1 unspecified atom stereocenters. The smallest absolute Gasteiger partial charge is 0.254 e. The van der Waals surface area contributed by atoms with Gasteiger partial charge in [0.2, 0.25) is 0 Å². The summed E-state index contributed by atoms with van der Waals surface area (Å²) in [6, 6.07) is 1.16. The predicted molar refractivity (Wildman–Crippen MR) is 63.8 cm³/mol. The molecule has 0 aliphatic carbocycles. The van der Waals surface area contributed by atoms with E-state index in [0.29, 0.717) is 13.0 Å². The summed E-state index contributed by atoms with van der Waals surface area (Å²) in [5.41, 5.74) is 0. The molecular weight excluding hydrogens is 284 g/mol. The van der Waals surface area contributed by atoms with Gasteiger partial charge in [0.15, 0.2) is 0 Å². The molecule has 0 radical (unpaired) electrons. The van der Waals surface area contributed by atoms with Crippen LogP contribution in [0.2, 0.25) is 0 Å². The minimum absolute atomic E-state index is 0.385. The lowest BCUT2D eigenvalue weighted by Gasteiger charge is -2.16. The van der Waals surface area contributed by atoms with E-state index in [0.717, 1.165) is 15.8 Å². The van der Waals surface area contributed by atoms with Gasteiger partial charge in [-0.25, -0.2) is 8.78 Å². The summed E-state index contributed by atoms with van der Waals surface area (Å²) in [6.07, 6.45) is -1.06. The fourth-order valence-electron chi connectivity index (χ4n) is 1.25. The lowest BCUT2D eigenvalue weighted by Crippen LogP contribution is -2.37. The summed E-state index contributed by atoms with van der Waals surface area (Å²) in [4.78, 5) is 0.976. The number of hydrogen-bond donors (Lipinski definition) is 1. The minimum atomic E-state index is -2.31. The zero-order valence-corrected chi connectivity index (χ0v) is 10.9. The van der Waals surface area contributed by atoms with Gasteiger partial charge in [0.1, 0.15) is 0 Å². The zero-order valence-electron chi connectivity index (χ0n) is 8.47. The molecule has 0 fully saturated rings. The van der Waals surface area contributed by atoms with Gasteiger partial charge in [-0.2, -0.15) is 0 Å². The van der Waals surface area contributed by atoms with Crippen molar-refractivity contribution in [2.45, 2.75) is 32.2 Å². The highest BCUT2D eigenvalue weighted by molar-refractivity contribution is 9.10. The van der Waals surface area contributed by atoms with E-state index in [1.165, 1.54) is 11.3 Å². The maximum Gasteiger partial charge on any atom is 0.254 e. The molecule has 1 N–H and O–H groups in total. The number of hydrogen-bond acceptors (Lipinski definition) is 2. The third kappa shape index (κ3) is 4.17. The highest BCUT2D eigenvalue weighted by atomic mass is 79.9. The van der Waals surface area contributed by atoms with Gasteiger partial charge < -0.3 is 5.32 Å². The Labute approximate surface area is 101 Å². The van der Waals surface area contributed by atoms with Gasteiger partial charge in [-0.15, -0.1) is 11.3 Å². The molecule has 15 heavy (non-hydrogen) atoms. The monoisotopic (exact) mass is 297 g/mol. The lowest BCUT2D eigenvalue weighted by atomic mass is 10.2. The Morgan fingerprint density at radius 3 is 2.73 bits per heavy atom. The minimum Gasteiger partial charge on any atom is -0.309 e. The average molecular weight is 298 g/mol. The Morgan fingerprint density at radius 1 is 1.53 bits per heavy atom. The topological polar surface area (TPSA) is 12.0 Å². The van der Waals surface area contributed by atoms with Crippen molar-refractivity contribution in [3.8, 4) is 0 Å². The summed E-state index contributed by atoms with van der Waals surface area (Å²) in [5.74, 6) is 0. The Kier molecular flexibility index (Phi) is 5.71. The normalized spacial score (nSPS) is 13.4. The third-order valence-corrected chi connectivity index (χ3v) is 4.01. The Morgan fingerprint density at radius 2 is 2.27 bits per heavy atom. The van der Waals surface area contributed by atoms with Crippen LogP contribution in [0.4, 0.5) is 8.78 Å². The largest absolute Gasteiger partial charge is 0.309 e.